The van der Waals surface area contributed by atoms with Crippen LogP contribution in [0.2, 0.25) is 10.0 Å². The molecule has 1 N–H and O–H groups in total. The molecule has 0 aliphatic rings. The first kappa shape index (κ1) is 13.7. The first-order chi connectivity index (χ1) is 8.99. The van der Waals surface area contributed by atoms with Crippen LogP contribution in [0.3, 0.4) is 0 Å². The Morgan fingerprint density at radius 1 is 1.47 bits per heavy atom. The summed E-state index contributed by atoms with van der Waals surface area (Å²) < 4.78 is 10.3. The molecule has 5 nitrogen and oxygen atoms in total. The molecule has 0 aliphatic carbocycles. The van der Waals surface area contributed by atoms with Crippen LogP contribution in [-0.2, 0) is 6.61 Å². The van der Waals surface area contributed by atoms with E-state index in [0.717, 1.165) is 0 Å². The van der Waals surface area contributed by atoms with Crippen molar-refractivity contribution in [1.29, 1.82) is 0 Å². The van der Waals surface area contributed by atoms with Crippen molar-refractivity contribution in [2.45, 2.75) is 13.5 Å². The Balaban J connectivity index is 2.19. The van der Waals surface area contributed by atoms with Gasteiger partial charge in [0.2, 0.25) is 0 Å². The predicted octanol–water partition coefficient (Wildman–Crippen LogP) is 3.57. The summed E-state index contributed by atoms with van der Waals surface area (Å²) in [7, 11) is 0. The zero-order valence-corrected chi connectivity index (χ0v) is 11.3. The van der Waals surface area contributed by atoms with E-state index in [1.54, 1.807) is 19.1 Å². The predicted molar refractivity (Wildman–Crippen MR) is 69.0 cm³/mol. The molecular weight excluding hydrogens is 293 g/mol. The molecule has 1 aromatic heterocycles. The van der Waals surface area contributed by atoms with Crippen molar-refractivity contribution in [3.05, 3.63) is 45.3 Å². The van der Waals surface area contributed by atoms with Gasteiger partial charge in [-0.15, -0.1) is 0 Å². The standard InChI is InChI=1S/C12H9Cl2NO4/c1-6-8(11(12(16)17)15-19-6)5-18-10-3-2-7(13)4-9(10)14/h2-4H,5H2,1H3,(H,16,17). The zero-order chi connectivity index (χ0) is 14.0. The van der Waals surface area contributed by atoms with Crippen LogP contribution in [0, 0.1) is 6.92 Å². The van der Waals surface area contributed by atoms with E-state index in [1.165, 1.54) is 6.07 Å². The van der Waals surface area contributed by atoms with E-state index in [-0.39, 0.29) is 12.3 Å². The lowest BCUT2D eigenvalue weighted by Gasteiger charge is -2.07. The smallest absolute Gasteiger partial charge is 0.358 e. The van der Waals surface area contributed by atoms with Crippen molar-refractivity contribution in [2.75, 3.05) is 0 Å². The van der Waals surface area contributed by atoms with Gasteiger partial charge in [-0.1, -0.05) is 28.4 Å². The number of hydrogen-bond donors (Lipinski definition) is 1. The number of carboxylic acids is 1. The van der Waals surface area contributed by atoms with Gasteiger partial charge in [0.05, 0.1) is 10.6 Å². The third-order valence-corrected chi connectivity index (χ3v) is 2.98. The van der Waals surface area contributed by atoms with Gasteiger partial charge < -0.3 is 14.4 Å². The van der Waals surface area contributed by atoms with Gasteiger partial charge in [-0.05, 0) is 25.1 Å². The molecule has 0 saturated heterocycles. The van der Waals surface area contributed by atoms with Crippen LogP contribution in [0.15, 0.2) is 22.7 Å². The average Bonchev–Trinajstić information content (AvgIpc) is 2.70. The summed E-state index contributed by atoms with van der Waals surface area (Å²) in [4.78, 5) is 10.9. The molecule has 2 aromatic rings. The molecule has 0 spiro atoms. The molecule has 19 heavy (non-hydrogen) atoms. The molecule has 1 heterocycles. The fourth-order valence-electron chi connectivity index (χ4n) is 1.47. The Labute approximate surface area is 118 Å². The van der Waals surface area contributed by atoms with E-state index >= 15 is 0 Å². The minimum atomic E-state index is -1.17. The first-order valence-electron chi connectivity index (χ1n) is 5.25. The Bertz CT molecular complexity index is 624. The number of carbonyl (C=O) groups is 1. The molecule has 0 fully saturated rings. The Kier molecular flexibility index (Phi) is 3.97. The van der Waals surface area contributed by atoms with Gasteiger partial charge in [-0.3, -0.25) is 0 Å². The molecule has 0 radical (unpaired) electrons. The van der Waals surface area contributed by atoms with E-state index in [2.05, 4.69) is 5.16 Å². The largest absolute Gasteiger partial charge is 0.487 e. The monoisotopic (exact) mass is 301 g/mol. The number of benzene rings is 1. The maximum atomic E-state index is 10.9. The van der Waals surface area contributed by atoms with Gasteiger partial charge in [-0.2, -0.15) is 0 Å². The lowest BCUT2D eigenvalue weighted by Crippen LogP contribution is -2.05. The van der Waals surface area contributed by atoms with Crippen LogP contribution < -0.4 is 4.74 Å². The second-order valence-corrected chi connectivity index (χ2v) is 4.58. The summed E-state index contributed by atoms with van der Waals surface area (Å²) in [6.45, 7) is 1.61. The normalized spacial score (nSPS) is 10.5. The highest BCUT2D eigenvalue weighted by molar-refractivity contribution is 6.35. The fraction of sp³-hybridized carbons (Fsp3) is 0.167. The number of ether oxygens (including phenoxy) is 1. The van der Waals surface area contributed by atoms with Crippen molar-refractivity contribution in [2.24, 2.45) is 0 Å². The summed E-state index contributed by atoms with van der Waals surface area (Å²) in [5.74, 6) is -0.372. The Morgan fingerprint density at radius 3 is 2.84 bits per heavy atom. The van der Waals surface area contributed by atoms with Crippen molar-refractivity contribution < 1.29 is 19.2 Å². The van der Waals surface area contributed by atoms with E-state index in [1.807, 2.05) is 0 Å². The molecule has 0 atom stereocenters. The molecule has 0 saturated carbocycles. The summed E-state index contributed by atoms with van der Waals surface area (Å²) >= 11 is 11.7. The minimum absolute atomic E-state index is 0.00167. The highest BCUT2D eigenvalue weighted by Gasteiger charge is 2.19. The van der Waals surface area contributed by atoms with Gasteiger partial charge in [-0.25, -0.2) is 4.79 Å². The third-order valence-electron chi connectivity index (χ3n) is 2.45. The molecule has 100 valence electrons. The highest BCUT2D eigenvalue weighted by Crippen LogP contribution is 2.28. The van der Waals surface area contributed by atoms with Crippen LogP contribution in [-0.4, -0.2) is 16.2 Å². The minimum Gasteiger partial charge on any atom is -0.487 e. The number of halogens is 2. The number of aryl methyl sites for hydroxylation is 1. The third kappa shape index (κ3) is 3.00. The van der Waals surface area contributed by atoms with Crippen molar-refractivity contribution in [3.8, 4) is 5.75 Å². The number of aromatic carboxylic acids is 1. The van der Waals surface area contributed by atoms with Gasteiger partial charge in [0.25, 0.3) is 0 Å². The van der Waals surface area contributed by atoms with Crippen molar-refractivity contribution >= 4 is 29.2 Å². The zero-order valence-electron chi connectivity index (χ0n) is 9.81. The number of nitrogens with zero attached hydrogens (tertiary/aromatic N) is 1. The van der Waals surface area contributed by atoms with Crippen LogP contribution >= 0.6 is 23.2 Å². The maximum absolute atomic E-state index is 10.9. The quantitative estimate of drug-likeness (QED) is 0.934. The van der Waals surface area contributed by atoms with Crippen molar-refractivity contribution in [3.63, 3.8) is 0 Å². The second kappa shape index (κ2) is 5.50. The first-order valence-corrected chi connectivity index (χ1v) is 6.01. The highest BCUT2D eigenvalue weighted by atomic mass is 35.5. The lowest BCUT2D eigenvalue weighted by atomic mass is 10.2. The van der Waals surface area contributed by atoms with Crippen LogP contribution in [0.5, 0.6) is 5.75 Å². The molecular formula is C12H9Cl2NO4. The fourth-order valence-corrected chi connectivity index (χ4v) is 1.93. The average molecular weight is 302 g/mol. The number of hydrogen-bond acceptors (Lipinski definition) is 4. The number of rotatable bonds is 4. The molecule has 0 amide bonds. The lowest BCUT2D eigenvalue weighted by molar-refractivity contribution is 0.0683. The van der Waals surface area contributed by atoms with Crippen molar-refractivity contribution in [1.82, 2.24) is 5.16 Å². The SMILES string of the molecule is Cc1onc(C(=O)O)c1COc1ccc(Cl)cc1Cl. The summed E-state index contributed by atoms with van der Waals surface area (Å²) in [6.07, 6.45) is 0. The van der Waals surface area contributed by atoms with E-state index in [4.69, 9.17) is 37.6 Å². The number of aromatic nitrogens is 1. The number of carboxylic acid groups (broad SMARTS) is 1. The summed E-state index contributed by atoms with van der Waals surface area (Å²) in [5, 5.41) is 13.2. The molecule has 0 unspecified atom stereocenters. The van der Waals surface area contributed by atoms with Crippen LogP contribution in [0.4, 0.5) is 0 Å². The topological polar surface area (TPSA) is 72.6 Å². The van der Waals surface area contributed by atoms with Gasteiger partial charge >= 0.3 is 5.97 Å². The summed E-state index contributed by atoms with van der Waals surface area (Å²) in [5.41, 5.74) is 0.209. The molecule has 0 aliphatic heterocycles. The summed E-state index contributed by atoms with van der Waals surface area (Å²) in [6, 6.07) is 4.77. The Hall–Kier alpha value is -1.72. The Morgan fingerprint density at radius 2 is 2.21 bits per heavy atom. The second-order valence-electron chi connectivity index (χ2n) is 3.73. The van der Waals surface area contributed by atoms with Gasteiger partial charge in [0, 0.05) is 5.02 Å². The maximum Gasteiger partial charge on any atom is 0.358 e. The van der Waals surface area contributed by atoms with Gasteiger partial charge in [0.15, 0.2) is 5.69 Å². The van der Waals surface area contributed by atoms with E-state index in [9.17, 15) is 4.79 Å². The van der Waals surface area contributed by atoms with Crippen LogP contribution in [0.25, 0.3) is 0 Å². The van der Waals surface area contributed by atoms with E-state index in [0.29, 0.717) is 27.1 Å². The molecule has 0 bridgehead atoms. The molecule has 2 rings (SSSR count). The molecule has 7 heteroatoms. The molecule has 1 aromatic carbocycles. The van der Waals surface area contributed by atoms with Crippen LogP contribution in [0.1, 0.15) is 21.8 Å². The van der Waals surface area contributed by atoms with Gasteiger partial charge in [0.1, 0.15) is 18.1 Å². The van der Waals surface area contributed by atoms with E-state index < -0.39 is 5.97 Å².